The Bertz CT molecular complexity index is 508. The lowest BCUT2D eigenvalue weighted by atomic mass is 9.90. The predicted molar refractivity (Wildman–Crippen MR) is 96.6 cm³/mol. The standard InChI is InChI=1S/C20H32O4/c1-4-5-6-7-8-13-20(2,23)15-17(21)11-9-16-10-12-18(22)19(14-16)24-3/h10,12,14,22-23H,4-9,11,13,15H2,1-3H3. The van der Waals surface area contributed by atoms with Crippen molar-refractivity contribution in [3.8, 4) is 11.5 Å². The number of methoxy groups -OCH3 is 1. The van der Waals surface area contributed by atoms with Crippen LogP contribution in [-0.2, 0) is 11.2 Å². The molecule has 0 saturated carbocycles. The average molecular weight is 336 g/mol. The van der Waals surface area contributed by atoms with Crippen LogP contribution in [0.5, 0.6) is 11.5 Å². The van der Waals surface area contributed by atoms with Gasteiger partial charge in [0.1, 0.15) is 5.78 Å². The number of unbranched alkanes of at least 4 members (excludes halogenated alkanes) is 4. The number of aromatic hydroxyl groups is 1. The Kier molecular flexibility index (Phi) is 8.83. The van der Waals surface area contributed by atoms with Crippen LogP contribution < -0.4 is 4.74 Å². The van der Waals surface area contributed by atoms with Crippen molar-refractivity contribution in [3.05, 3.63) is 23.8 Å². The molecule has 0 aliphatic carbocycles. The van der Waals surface area contributed by atoms with E-state index < -0.39 is 5.60 Å². The molecule has 0 aliphatic heterocycles. The van der Waals surface area contributed by atoms with Crippen LogP contribution in [0.4, 0.5) is 0 Å². The summed E-state index contributed by atoms with van der Waals surface area (Å²) in [5.74, 6) is 0.582. The van der Waals surface area contributed by atoms with Gasteiger partial charge in [-0.3, -0.25) is 4.79 Å². The van der Waals surface area contributed by atoms with E-state index in [4.69, 9.17) is 4.74 Å². The molecule has 24 heavy (non-hydrogen) atoms. The van der Waals surface area contributed by atoms with Gasteiger partial charge < -0.3 is 14.9 Å². The first-order chi connectivity index (χ1) is 11.4. The van der Waals surface area contributed by atoms with Gasteiger partial charge in [-0.15, -0.1) is 0 Å². The zero-order valence-electron chi connectivity index (χ0n) is 15.3. The van der Waals surface area contributed by atoms with Crippen molar-refractivity contribution in [1.82, 2.24) is 0 Å². The van der Waals surface area contributed by atoms with Gasteiger partial charge in [-0.2, -0.15) is 0 Å². The van der Waals surface area contributed by atoms with Gasteiger partial charge in [0.15, 0.2) is 11.5 Å². The number of hydrogen-bond acceptors (Lipinski definition) is 4. The quantitative estimate of drug-likeness (QED) is 0.555. The number of aliphatic hydroxyl groups is 1. The molecule has 1 atom stereocenters. The molecule has 0 saturated heterocycles. The molecule has 0 aromatic heterocycles. The molecule has 0 aliphatic rings. The summed E-state index contributed by atoms with van der Waals surface area (Å²) in [5, 5.41) is 20.0. The minimum Gasteiger partial charge on any atom is -0.504 e. The predicted octanol–water partition coefficient (Wildman–Crippen LogP) is 4.40. The van der Waals surface area contributed by atoms with Crippen LogP contribution in [0.2, 0.25) is 0 Å². The van der Waals surface area contributed by atoms with Crippen molar-refractivity contribution >= 4 is 5.78 Å². The van der Waals surface area contributed by atoms with E-state index in [2.05, 4.69) is 6.92 Å². The monoisotopic (exact) mass is 336 g/mol. The Morgan fingerprint density at radius 3 is 2.58 bits per heavy atom. The summed E-state index contributed by atoms with van der Waals surface area (Å²) in [6.45, 7) is 3.94. The number of rotatable bonds is 12. The fourth-order valence-electron chi connectivity index (χ4n) is 2.87. The molecule has 0 fully saturated rings. The molecule has 4 heteroatoms. The van der Waals surface area contributed by atoms with Crippen molar-refractivity contribution in [2.45, 2.75) is 77.2 Å². The summed E-state index contributed by atoms with van der Waals surface area (Å²) in [6, 6.07) is 5.11. The molecule has 0 heterocycles. The second kappa shape index (κ2) is 10.3. The molecule has 1 aromatic rings. The number of phenolic OH excluding ortho intramolecular Hbond substituents is 1. The van der Waals surface area contributed by atoms with Crippen molar-refractivity contribution in [3.63, 3.8) is 0 Å². The second-order valence-corrected chi connectivity index (χ2v) is 6.88. The molecular formula is C20H32O4. The number of carbonyl (C=O) groups excluding carboxylic acids is 1. The molecule has 1 unspecified atom stereocenters. The van der Waals surface area contributed by atoms with Crippen LogP contribution in [0.3, 0.4) is 0 Å². The van der Waals surface area contributed by atoms with Gasteiger partial charge in [0, 0.05) is 12.8 Å². The number of Topliss-reactive ketones (excluding diaryl/α,β-unsaturated/α-hetero) is 1. The maximum Gasteiger partial charge on any atom is 0.160 e. The fraction of sp³-hybridized carbons (Fsp3) is 0.650. The fourth-order valence-corrected chi connectivity index (χ4v) is 2.87. The third-order valence-electron chi connectivity index (χ3n) is 4.33. The first-order valence-corrected chi connectivity index (χ1v) is 8.98. The van der Waals surface area contributed by atoms with Crippen molar-refractivity contribution in [2.24, 2.45) is 0 Å². The molecular weight excluding hydrogens is 304 g/mol. The molecule has 4 nitrogen and oxygen atoms in total. The summed E-state index contributed by atoms with van der Waals surface area (Å²) >= 11 is 0. The van der Waals surface area contributed by atoms with E-state index in [9.17, 15) is 15.0 Å². The van der Waals surface area contributed by atoms with Crippen LogP contribution in [0.1, 0.15) is 70.8 Å². The van der Waals surface area contributed by atoms with E-state index in [0.717, 1.165) is 18.4 Å². The van der Waals surface area contributed by atoms with Crippen LogP contribution >= 0.6 is 0 Å². The average Bonchev–Trinajstić information content (AvgIpc) is 2.53. The molecule has 1 rings (SSSR count). The molecule has 0 amide bonds. The Balaban J connectivity index is 2.36. The minimum atomic E-state index is -0.907. The third-order valence-corrected chi connectivity index (χ3v) is 4.33. The number of hydrogen-bond donors (Lipinski definition) is 2. The number of ether oxygens (including phenoxy) is 1. The van der Waals surface area contributed by atoms with E-state index in [1.54, 1.807) is 25.1 Å². The lowest BCUT2D eigenvalue weighted by molar-refractivity contribution is -0.123. The number of phenols is 1. The Hall–Kier alpha value is -1.55. The Morgan fingerprint density at radius 2 is 1.92 bits per heavy atom. The minimum absolute atomic E-state index is 0.0700. The number of ketones is 1. The molecule has 1 aromatic carbocycles. The Morgan fingerprint density at radius 1 is 1.21 bits per heavy atom. The Labute approximate surface area is 145 Å². The smallest absolute Gasteiger partial charge is 0.160 e. The molecule has 2 N–H and O–H groups in total. The van der Waals surface area contributed by atoms with Gasteiger partial charge in [0.05, 0.1) is 12.7 Å². The normalized spacial score (nSPS) is 13.5. The van der Waals surface area contributed by atoms with Gasteiger partial charge >= 0.3 is 0 Å². The summed E-state index contributed by atoms with van der Waals surface area (Å²) in [7, 11) is 1.50. The summed E-state index contributed by atoms with van der Waals surface area (Å²) in [4.78, 5) is 12.1. The zero-order chi connectivity index (χ0) is 18.0. The van der Waals surface area contributed by atoms with Crippen LogP contribution in [0, 0.1) is 0 Å². The highest BCUT2D eigenvalue weighted by Gasteiger charge is 2.23. The maximum absolute atomic E-state index is 12.1. The van der Waals surface area contributed by atoms with Crippen molar-refractivity contribution < 1.29 is 19.7 Å². The van der Waals surface area contributed by atoms with Gasteiger partial charge in [-0.05, 0) is 37.5 Å². The molecule has 0 radical (unpaired) electrons. The third kappa shape index (κ3) is 7.82. The van der Waals surface area contributed by atoms with Crippen LogP contribution in [-0.4, -0.2) is 28.7 Å². The van der Waals surface area contributed by atoms with E-state index >= 15 is 0 Å². The van der Waals surface area contributed by atoms with Crippen LogP contribution in [0.25, 0.3) is 0 Å². The maximum atomic E-state index is 12.1. The van der Waals surface area contributed by atoms with E-state index in [1.165, 1.54) is 26.4 Å². The lowest BCUT2D eigenvalue weighted by Gasteiger charge is -2.22. The largest absolute Gasteiger partial charge is 0.504 e. The summed E-state index contributed by atoms with van der Waals surface area (Å²) < 4.78 is 5.07. The lowest BCUT2D eigenvalue weighted by Crippen LogP contribution is -2.28. The number of benzene rings is 1. The SMILES string of the molecule is CCCCCCCC(C)(O)CC(=O)CCc1ccc(O)c(OC)c1. The van der Waals surface area contributed by atoms with Gasteiger partial charge in [0.25, 0.3) is 0 Å². The first kappa shape index (κ1) is 20.5. The highest BCUT2D eigenvalue weighted by atomic mass is 16.5. The van der Waals surface area contributed by atoms with Gasteiger partial charge in [0.2, 0.25) is 0 Å². The highest BCUT2D eigenvalue weighted by Crippen LogP contribution is 2.27. The second-order valence-electron chi connectivity index (χ2n) is 6.88. The van der Waals surface area contributed by atoms with E-state index in [-0.39, 0.29) is 18.0 Å². The number of carbonyl (C=O) groups is 1. The summed E-state index contributed by atoms with van der Waals surface area (Å²) in [5.41, 5.74) is 0.0351. The van der Waals surface area contributed by atoms with Gasteiger partial charge in [-0.1, -0.05) is 45.1 Å². The van der Waals surface area contributed by atoms with E-state index in [0.29, 0.717) is 25.0 Å². The van der Waals surface area contributed by atoms with Crippen LogP contribution in [0.15, 0.2) is 18.2 Å². The van der Waals surface area contributed by atoms with E-state index in [1.807, 2.05) is 0 Å². The highest BCUT2D eigenvalue weighted by molar-refractivity contribution is 5.79. The number of aryl methyl sites for hydroxylation is 1. The van der Waals surface area contributed by atoms with Crippen molar-refractivity contribution in [2.75, 3.05) is 7.11 Å². The zero-order valence-corrected chi connectivity index (χ0v) is 15.3. The molecule has 0 bridgehead atoms. The molecule has 0 spiro atoms. The van der Waals surface area contributed by atoms with Crippen molar-refractivity contribution in [1.29, 1.82) is 0 Å². The topological polar surface area (TPSA) is 66.8 Å². The first-order valence-electron chi connectivity index (χ1n) is 8.98. The van der Waals surface area contributed by atoms with Gasteiger partial charge in [-0.25, -0.2) is 0 Å². The summed E-state index contributed by atoms with van der Waals surface area (Å²) in [6.07, 6.45) is 7.58. The molecule has 136 valence electrons.